The molecule has 0 aliphatic heterocycles. The third-order valence-electron chi connectivity index (χ3n) is 1.46. The van der Waals surface area contributed by atoms with Gasteiger partial charge in [-0.05, 0) is 13.5 Å². The Morgan fingerprint density at radius 2 is 2.08 bits per heavy atom. The quantitative estimate of drug-likeness (QED) is 0.457. The molecule has 0 aromatic heterocycles. The topological polar surface area (TPSA) is 86.7 Å². The first-order valence-corrected chi connectivity index (χ1v) is 5.42. The van der Waals surface area contributed by atoms with Gasteiger partial charge in [-0.2, -0.15) is 0 Å². The Kier molecular flexibility index (Phi) is 4.89. The van der Waals surface area contributed by atoms with Gasteiger partial charge in [-0.25, -0.2) is 18.2 Å². The summed E-state index contributed by atoms with van der Waals surface area (Å²) in [7, 11) is -1.92. The Balaban J connectivity index is 3.75. The number of carbonyl (C=O) groups excluding carboxylic acids is 1. The molecule has 0 fully saturated rings. The van der Waals surface area contributed by atoms with Crippen LogP contribution >= 0.6 is 0 Å². The largest absolute Gasteiger partial charge is 0.286 e. The zero-order valence-electron chi connectivity index (χ0n) is 7.65. The number of nitrogens with zero attached hydrogens (tertiary/aromatic N) is 1. The SMILES string of the molecule is CNS(=O)(=O)CCCN(O)C(C)=O. The first-order chi connectivity index (χ1) is 5.89. The maximum Gasteiger partial charge on any atom is 0.242 e. The third-order valence-corrected chi connectivity index (χ3v) is 2.91. The van der Waals surface area contributed by atoms with E-state index in [1.807, 2.05) is 0 Å². The van der Waals surface area contributed by atoms with Crippen LogP contribution in [0, 0.1) is 0 Å². The minimum Gasteiger partial charge on any atom is -0.286 e. The summed E-state index contributed by atoms with van der Waals surface area (Å²) in [6, 6.07) is 0. The predicted molar refractivity (Wildman–Crippen MR) is 46.6 cm³/mol. The molecular formula is C6H14N2O4S. The van der Waals surface area contributed by atoms with E-state index in [0.29, 0.717) is 5.06 Å². The second-order valence-electron chi connectivity index (χ2n) is 2.52. The Hall–Kier alpha value is -0.660. The monoisotopic (exact) mass is 210 g/mol. The predicted octanol–water partition coefficient (Wildman–Crippen LogP) is -0.837. The highest BCUT2D eigenvalue weighted by atomic mass is 32.2. The molecule has 0 aliphatic rings. The summed E-state index contributed by atoms with van der Waals surface area (Å²) in [5.74, 6) is -0.602. The van der Waals surface area contributed by atoms with Crippen LogP contribution in [0.3, 0.4) is 0 Å². The lowest BCUT2D eigenvalue weighted by Crippen LogP contribution is -2.29. The van der Waals surface area contributed by atoms with Gasteiger partial charge in [-0.3, -0.25) is 10.0 Å². The van der Waals surface area contributed by atoms with Gasteiger partial charge in [0, 0.05) is 13.5 Å². The number of rotatable bonds is 5. The number of nitrogens with one attached hydrogen (secondary N) is 1. The van der Waals surface area contributed by atoms with E-state index in [1.165, 1.54) is 14.0 Å². The summed E-state index contributed by atoms with van der Waals surface area (Å²) in [6.45, 7) is 1.23. The normalized spacial score (nSPS) is 11.3. The van der Waals surface area contributed by atoms with E-state index in [1.54, 1.807) is 0 Å². The van der Waals surface area contributed by atoms with Crippen LogP contribution in [0.2, 0.25) is 0 Å². The molecule has 0 saturated carbocycles. The lowest BCUT2D eigenvalue weighted by molar-refractivity contribution is -0.162. The van der Waals surface area contributed by atoms with Crippen LogP contribution in [0.5, 0.6) is 0 Å². The van der Waals surface area contributed by atoms with Gasteiger partial charge in [0.2, 0.25) is 15.9 Å². The molecule has 78 valence electrons. The van der Waals surface area contributed by atoms with Crippen LogP contribution in [0.15, 0.2) is 0 Å². The number of hydrogen-bond acceptors (Lipinski definition) is 4. The van der Waals surface area contributed by atoms with E-state index in [9.17, 15) is 13.2 Å². The molecule has 0 rings (SSSR count). The number of sulfonamides is 1. The molecule has 0 bridgehead atoms. The van der Waals surface area contributed by atoms with E-state index in [2.05, 4.69) is 4.72 Å². The summed E-state index contributed by atoms with van der Waals surface area (Å²) in [5.41, 5.74) is 0. The molecule has 0 heterocycles. The molecule has 0 saturated heterocycles. The van der Waals surface area contributed by atoms with Crippen molar-refractivity contribution in [2.45, 2.75) is 13.3 Å². The van der Waals surface area contributed by atoms with Crippen molar-refractivity contribution >= 4 is 15.9 Å². The van der Waals surface area contributed by atoms with Crippen molar-refractivity contribution in [3.8, 4) is 0 Å². The first kappa shape index (κ1) is 12.3. The molecule has 7 heteroatoms. The molecule has 0 radical (unpaired) electrons. The Bertz CT molecular complexity index is 262. The Labute approximate surface area is 77.5 Å². The standard InChI is InChI=1S/C6H14N2O4S/c1-6(9)8(10)4-3-5-13(11,12)7-2/h7,10H,3-5H2,1-2H3. The van der Waals surface area contributed by atoms with Crippen LogP contribution in [0.25, 0.3) is 0 Å². The van der Waals surface area contributed by atoms with Crippen LogP contribution < -0.4 is 4.72 Å². The molecule has 2 N–H and O–H groups in total. The summed E-state index contributed by atoms with van der Waals surface area (Å²) in [5, 5.41) is 9.36. The van der Waals surface area contributed by atoms with E-state index in [4.69, 9.17) is 5.21 Å². The average Bonchev–Trinajstić information content (AvgIpc) is 2.04. The molecule has 0 aromatic carbocycles. The van der Waals surface area contributed by atoms with Crippen molar-refractivity contribution in [3.05, 3.63) is 0 Å². The fourth-order valence-corrected chi connectivity index (χ4v) is 1.38. The second-order valence-corrected chi connectivity index (χ2v) is 4.56. The van der Waals surface area contributed by atoms with Crippen LogP contribution in [0.4, 0.5) is 0 Å². The minimum absolute atomic E-state index is 0.0241. The van der Waals surface area contributed by atoms with Gasteiger partial charge in [-0.15, -0.1) is 0 Å². The van der Waals surface area contributed by atoms with Crippen molar-refractivity contribution in [3.63, 3.8) is 0 Å². The zero-order valence-corrected chi connectivity index (χ0v) is 8.47. The molecule has 1 amide bonds. The molecule has 6 nitrogen and oxygen atoms in total. The smallest absolute Gasteiger partial charge is 0.242 e. The maximum atomic E-state index is 10.9. The van der Waals surface area contributed by atoms with Gasteiger partial charge in [0.1, 0.15) is 0 Å². The van der Waals surface area contributed by atoms with Crippen LogP contribution in [-0.2, 0) is 14.8 Å². The van der Waals surface area contributed by atoms with Crippen molar-refractivity contribution in [2.75, 3.05) is 19.3 Å². The summed E-state index contributed by atoms with van der Waals surface area (Å²) < 4.78 is 23.8. The van der Waals surface area contributed by atoms with Gasteiger partial charge < -0.3 is 0 Å². The highest BCUT2D eigenvalue weighted by Gasteiger charge is 2.09. The lowest BCUT2D eigenvalue weighted by atomic mass is 10.4. The summed E-state index contributed by atoms with van der Waals surface area (Å²) in [6.07, 6.45) is 0.208. The molecule has 0 aromatic rings. The molecule has 13 heavy (non-hydrogen) atoms. The number of carbonyl (C=O) groups is 1. The van der Waals surface area contributed by atoms with Crippen molar-refractivity contribution in [1.82, 2.24) is 9.79 Å². The highest BCUT2D eigenvalue weighted by molar-refractivity contribution is 7.89. The van der Waals surface area contributed by atoms with Gasteiger partial charge in [0.05, 0.1) is 5.75 Å². The average molecular weight is 210 g/mol. The molecule has 0 unspecified atom stereocenters. The van der Waals surface area contributed by atoms with Gasteiger partial charge in [0.25, 0.3) is 0 Å². The van der Waals surface area contributed by atoms with Crippen molar-refractivity contribution in [2.24, 2.45) is 0 Å². The molecular weight excluding hydrogens is 196 g/mol. The molecule has 0 spiro atoms. The molecule has 0 atom stereocenters. The number of amides is 1. The summed E-state index contributed by atoms with van der Waals surface area (Å²) in [4.78, 5) is 10.5. The minimum atomic E-state index is -3.24. The fraction of sp³-hybridized carbons (Fsp3) is 0.833. The number of hydrogen-bond donors (Lipinski definition) is 2. The molecule has 0 aliphatic carbocycles. The third kappa shape index (κ3) is 5.56. The first-order valence-electron chi connectivity index (χ1n) is 3.77. The fourth-order valence-electron chi connectivity index (χ4n) is 0.664. The maximum absolute atomic E-state index is 10.9. The Morgan fingerprint density at radius 1 is 1.54 bits per heavy atom. The van der Waals surface area contributed by atoms with Crippen LogP contribution in [0.1, 0.15) is 13.3 Å². The van der Waals surface area contributed by atoms with Crippen LogP contribution in [-0.4, -0.2) is 43.9 Å². The number of hydroxylamine groups is 2. The van der Waals surface area contributed by atoms with E-state index in [0.717, 1.165) is 0 Å². The van der Waals surface area contributed by atoms with Crippen molar-refractivity contribution in [1.29, 1.82) is 0 Å². The summed E-state index contributed by atoms with van der Waals surface area (Å²) >= 11 is 0. The van der Waals surface area contributed by atoms with E-state index >= 15 is 0 Å². The lowest BCUT2D eigenvalue weighted by Gasteiger charge is -2.11. The van der Waals surface area contributed by atoms with Crippen molar-refractivity contribution < 1.29 is 18.4 Å². The van der Waals surface area contributed by atoms with Gasteiger partial charge >= 0.3 is 0 Å². The zero-order chi connectivity index (χ0) is 10.5. The van der Waals surface area contributed by atoms with Gasteiger partial charge in [-0.1, -0.05) is 0 Å². The second kappa shape index (κ2) is 5.15. The van der Waals surface area contributed by atoms with Gasteiger partial charge in [0.15, 0.2) is 0 Å². The van der Waals surface area contributed by atoms with E-state index in [-0.39, 0.29) is 18.7 Å². The van der Waals surface area contributed by atoms with E-state index < -0.39 is 15.9 Å². The highest BCUT2D eigenvalue weighted by Crippen LogP contribution is 1.92. The Morgan fingerprint density at radius 3 is 2.46 bits per heavy atom.